The van der Waals surface area contributed by atoms with Crippen molar-refractivity contribution < 1.29 is 4.42 Å². The average molecular weight is 412 g/mol. The average Bonchev–Trinajstić information content (AvgIpc) is 3.21. The third-order valence-electron chi connectivity index (χ3n) is 2.82. The number of benzene rings is 1. The molecule has 9 heteroatoms. The van der Waals surface area contributed by atoms with E-state index in [1.54, 1.807) is 0 Å². The van der Waals surface area contributed by atoms with Gasteiger partial charge in [0.15, 0.2) is 4.34 Å². The summed E-state index contributed by atoms with van der Waals surface area (Å²) < 4.78 is 7.52. The summed E-state index contributed by atoms with van der Waals surface area (Å²) in [6.45, 7) is 3.01. The molecular weight excluding hydrogens is 398 g/mol. The van der Waals surface area contributed by atoms with Gasteiger partial charge in [-0.15, -0.1) is 20.4 Å². The van der Waals surface area contributed by atoms with E-state index in [1.807, 2.05) is 24.3 Å². The van der Waals surface area contributed by atoms with Gasteiger partial charge in [-0.1, -0.05) is 42.2 Å². The second kappa shape index (κ2) is 7.89. The normalized spacial score (nSPS) is 10.9. The maximum Gasteiger partial charge on any atom is 0.248 e. The molecule has 0 saturated carbocycles. The van der Waals surface area contributed by atoms with E-state index in [-0.39, 0.29) is 0 Å². The summed E-state index contributed by atoms with van der Waals surface area (Å²) in [5.41, 5.74) is 0.887. The highest BCUT2D eigenvalue weighted by Gasteiger charge is 2.12. The summed E-state index contributed by atoms with van der Waals surface area (Å²) in [4.78, 5) is 0. The Morgan fingerprint density at radius 1 is 1.22 bits per heavy atom. The van der Waals surface area contributed by atoms with Gasteiger partial charge in [0.05, 0.1) is 11.3 Å². The molecule has 0 amide bonds. The minimum Gasteiger partial charge on any atom is -0.420 e. The molecule has 0 aliphatic carbocycles. The molecule has 0 unspecified atom stereocenters. The third-order valence-corrected chi connectivity index (χ3v) is 5.51. The molecule has 23 heavy (non-hydrogen) atoms. The van der Waals surface area contributed by atoms with Gasteiger partial charge in [0.25, 0.3) is 0 Å². The number of anilines is 1. The van der Waals surface area contributed by atoms with Gasteiger partial charge in [0, 0.05) is 11.0 Å². The van der Waals surface area contributed by atoms with Crippen molar-refractivity contribution in [1.82, 2.24) is 20.4 Å². The molecule has 0 bridgehead atoms. The van der Waals surface area contributed by atoms with Crippen LogP contribution in [0.5, 0.6) is 0 Å². The van der Waals surface area contributed by atoms with Crippen LogP contribution in [0.25, 0.3) is 11.5 Å². The maximum atomic E-state index is 5.71. The summed E-state index contributed by atoms with van der Waals surface area (Å²) in [6.07, 6.45) is 1.06. The van der Waals surface area contributed by atoms with Gasteiger partial charge in [0.1, 0.15) is 0 Å². The van der Waals surface area contributed by atoms with Gasteiger partial charge < -0.3 is 9.73 Å². The Morgan fingerprint density at radius 2 is 2.09 bits per heavy atom. The molecule has 0 atom stereocenters. The second-order valence-corrected chi connectivity index (χ2v) is 7.62. The Morgan fingerprint density at radius 3 is 2.91 bits per heavy atom. The summed E-state index contributed by atoms with van der Waals surface area (Å²) in [6, 6.07) is 7.76. The van der Waals surface area contributed by atoms with E-state index in [9.17, 15) is 0 Å². The van der Waals surface area contributed by atoms with Crippen molar-refractivity contribution in [2.24, 2.45) is 0 Å². The Kier molecular flexibility index (Phi) is 5.63. The summed E-state index contributed by atoms with van der Waals surface area (Å²) in [5, 5.41) is 20.5. The van der Waals surface area contributed by atoms with Crippen molar-refractivity contribution in [3.8, 4) is 11.5 Å². The van der Waals surface area contributed by atoms with E-state index in [0.29, 0.717) is 17.5 Å². The minimum absolute atomic E-state index is 0.510. The van der Waals surface area contributed by atoms with Crippen LogP contribution < -0.4 is 5.32 Å². The minimum atomic E-state index is 0.510. The Bertz CT molecular complexity index is 776. The lowest BCUT2D eigenvalue weighted by Crippen LogP contribution is -1.98. The molecule has 2 aromatic heterocycles. The number of hydrogen-bond donors (Lipinski definition) is 1. The van der Waals surface area contributed by atoms with Gasteiger partial charge in [-0.25, -0.2) is 0 Å². The molecule has 0 fully saturated rings. The molecule has 3 rings (SSSR count). The zero-order valence-corrected chi connectivity index (χ0v) is 15.5. The number of rotatable bonds is 7. The Hall–Kier alpha value is -1.45. The molecule has 0 radical (unpaired) electrons. The smallest absolute Gasteiger partial charge is 0.248 e. The fourth-order valence-corrected chi connectivity index (χ4v) is 3.82. The van der Waals surface area contributed by atoms with Crippen molar-refractivity contribution >= 4 is 44.2 Å². The fourth-order valence-electron chi connectivity index (χ4n) is 1.75. The van der Waals surface area contributed by atoms with Crippen LogP contribution in [0.3, 0.4) is 0 Å². The van der Waals surface area contributed by atoms with Crippen molar-refractivity contribution in [3.05, 3.63) is 34.6 Å². The first-order valence-corrected chi connectivity index (χ1v) is 9.63. The lowest BCUT2D eigenvalue weighted by molar-refractivity contribution is 0.528. The number of halogens is 1. The van der Waals surface area contributed by atoms with Gasteiger partial charge in [-0.3, -0.25) is 0 Å². The number of thioether (sulfide) groups is 1. The van der Waals surface area contributed by atoms with Crippen molar-refractivity contribution in [2.45, 2.75) is 23.4 Å². The third kappa shape index (κ3) is 4.30. The van der Waals surface area contributed by atoms with E-state index in [2.05, 4.69) is 48.6 Å². The first-order chi connectivity index (χ1) is 11.3. The van der Waals surface area contributed by atoms with Gasteiger partial charge in [0.2, 0.25) is 16.9 Å². The zero-order valence-electron chi connectivity index (χ0n) is 12.3. The van der Waals surface area contributed by atoms with Gasteiger partial charge in [-0.2, -0.15) is 0 Å². The summed E-state index contributed by atoms with van der Waals surface area (Å²) in [5.74, 6) is 1.65. The monoisotopic (exact) mass is 411 g/mol. The van der Waals surface area contributed by atoms with Crippen molar-refractivity contribution in [3.63, 3.8) is 0 Å². The van der Waals surface area contributed by atoms with Crippen LogP contribution in [0, 0.1) is 0 Å². The molecule has 6 nitrogen and oxygen atoms in total. The summed E-state index contributed by atoms with van der Waals surface area (Å²) >= 11 is 6.55. The van der Waals surface area contributed by atoms with E-state index in [4.69, 9.17) is 4.42 Å². The first kappa shape index (κ1) is 16.4. The zero-order chi connectivity index (χ0) is 16.1. The highest BCUT2D eigenvalue weighted by Crippen LogP contribution is 2.30. The van der Waals surface area contributed by atoms with Crippen LogP contribution in [0.1, 0.15) is 19.2 Å². The Labute approximate surface area is 150 Å². The highest BCUT2D eigenvalue weighted by molar-refractivity contribution is 9.10. The van der Waals surface area contributed by atoms with E-state index in [0.717, 1.165) is 32.5 Å². The number of nitrogens with zero attached hydrogens (tertiary/aromatic N) is 4. The SMILES string of the molecule is CCCNc1nnc(SCc2nnc(-c3ccccc3Br)o2)s1. The summed E-state index contributed by atoms with van der Waals surface area (Å²) in [7, 11) is 0. The van der Waals surface area contributed by atoms with Crippen molar-refractivity contribution in [1.29, 1.82) is 0 Å². The molecule has 120 valence electrons. The van der Waals surface area contributed by atoms with Crippen LogP contribution in [-0.2, 0) is 5.75 Å². The van der Waals surface area contributed by atoms with Gasteiger partial charge in [-0.05, 0) is 34.5 Å². The Balaban J connectivity index is 1.61. The molecule has 3 aromatic rings. The molecule has 0 saturated heterocycles. The van der Waals surface area contributed by atoms with E-state index < -0.39 is 0 Å². The van der Waals surface area contributed by atoms with Crippen LogP contribution >= 0.6 is 39.0 Å². The molecule has 2 heterocycles. The van der Waals surface area contributed by atoms with Crippen LogP contribution in [-0.4, -0.2) is 26.9 Å². The number of hydrogen-bond acceptors (Lipinski definition) is 8. The van der Waals surface area contributed by atoms with Crippen LogP contribution in [0.4, 0.5) is 5.13 Å². The van der Waals surface area contributed by atoms with Crippen molar-refractivity contribution in [2.75, 3.05) is 11.9 Å². The van der Waals surface area contributed by atoms with E-state index in [1.165, 1.54) is 23.1 Å². The first-order valence-electron chi connectivity index (χ1n) is 7.03. The topological polar surface area (TPSA) is 76.7 Å². The lowest BCUT2D eigenvalue weighted by atomic mass is 10.2. The second-order valence-electron chi connectivity index (χ2n) is 4.57. The predicted molar refractivity (Wildman–Crippen MR) is 95.7 cm³/mol. The molecule has 0 spiro atoms. The fraction of sp³-hybridized carbons (Fsp3) is 0.286. The van der Waals surface area contributed by atoms with Gasteiger partial charge >= 0.3 is 0 Å². The predicted octanol–water partition coefficient (Wildman–Crippen LogP) is 4.46. The lowest BCUT2D eigenvalue weighted by Gasteiger charge is -1.97. The number of aromatic nitrogens is 4. The molecular formula is C14H14BrN5OS2. The van der Waals surface area contributed by atoms with Crippen LogP contribution in [0.15, 0.2) is 37.5 Å². The maximum absolute atomic E-state index is 5.71. The molecule has 1 N–H and O–H groups in total. The number of nitrogens with one attached hydrogen (secondary N) is 1. The quantitative estimate of drug-likeness (QED) is 0.574. The molecule has 0 aliphatic heterocycles. The van der Waals surface area contributed by atoms with Crippen LogP contribution in [0.2, 0.25) is 0 Å². The largest absolute Gasteiger partial charge is 0.420 e. The standard InChI is InChI=1S/C14H14BrN5OS2/c1-2-7-16-13-19-20-14(23-13)22-8-11-17-18-12(21-11)9-5-3-4-6-10(9)15/h3-6H,2,7-8H2,1H3,(H,16,19). The molecule has 1 aromatic carbocycles. The molecule has 0 aliphatic rings. The highest BCUT2D eigenvalue weighted by atomic mass is 79.9. The van der Waals surface area contributed by atoms with E-state index >= 15 is 0 Å².